The Morgan fingerprint density at radius 3 is 2.50 bits per heavy atom. The van der Waals surface area contributed by atoms with E-state index >= 15 is 0 Å². The summed E-state index contributed by atoms with van der Waals surface area (Å²) in [5.74, 6) is -1.20. The van der Waals surface area contributed by atoms with Gasteiger partial charge in [0, 0.05) is 11.8 Å². The number of carbonyl (C=O) groups excluding carboxylic acids is 1. The Kier molecular flexibility index (Phi) is 4.16. The molecular formula is C13H18FNO3. The molecule has 1 rings (SSSR count). The summed E-state index contributed by atoms with van der Waals surface area (Å²) < 4.78 is 23.9. The minimum absolute atomic E-state index is 0.0141. The quantitative estimate of drug-likeness (QED) is 0.666. The lowest BCUT2D eigenvalue weighted by Gasteiger charge is -2.22. The monoisotopic (exact) mass is 255 g/mol. The Balaban J connectivity index is 3.14. The van der Waals surface area contributed by atoms with Gasteiger partial charge >= 0.3 is 5.97 Å². The third-order valence-electron chi connectivity index (χ3n) is 2.02. The average molecular weight is 255 g/mol. The van der Waals surface area contributed by atoms with Gasteiger partial charge in [-0.3, -0.25) is 0 Å². The molecule has 1 aromatic carbocycles. The zero-order chi connectivity index (χ0) is 13.9. The van der Waals surface area contributed by atoms with Gasteiger partial charge in [0.25, 0.3) is 0 Å². The lowest BCUT2D eigenvalue weighted by Crippen LogP contribution is -2.24. The van der Waals surface area contributed by atoms with Gasteiger partial charge in [-0.15, -0.1) is 0 Å². The van der Waals surface area contributed by atoms with E-state index in [9.17, 15) is 9.18 Å². The van der Waals surface area contributed by atoms with Crippen LogP contribution in [0.2, 0.25) is 0 Å². The molecule has 0 heterocycles. The minimum atomic E-state index is -0.601. The summed E-state index contributed by atoms with van der Waals surface area (Å²) in [6.07, 6.45) is 0. The lowest BCUT2D eigenvalue weighted by molar-refractivity contribution is 0.0525. The van der Waals surface area contributed by atoms with E-state index in [2.05, 4.69) is 0 Å². The number of nitrogens with two attached hydrogens (primary N) is 1. The van der Waals surface area contributed by atoms with Crippen molar-refractivity contribution in [2.45, 2.75) is 33.3 Å². The molecule has 0 unspecified atom stereocenters. The normalized spacial score (nSPS) is 11.2. The molecule has 0 saturated heterocycles. The van der Waals surface area contributed by atoms with E-state index in [1.165, 1.54) is 6.07 Å². The molecule has 0 aliphatic carbocycles. The largest absolute Gasteiger partial charge is 0.485 e. The van der Waals surface area contributed by atoms with Gasteiger partial charge in [-0.25, -0.2) is 9.18 Å². The van der Waals surface area contributed by atoms with Crippen LogP contribution in [0.25, 0.3) is 0 Å². The second-order valence-electron chi connectivity index (χ2n) is 4.80. The topological polar surface area (TPSA) is 61.5 Å². The summed E-state index contributed by atoms with van der Waals surface area (Å²) in [7, 11) is 0. The summed E-state index contributed by atoms with van der Waals surface area (Å²) in [6.45, 7) is 7.27. The fourth-order valence-electron chi connectivity index (χ4n) is 1.36. The van der Waals surface area contributed by atoms with E-state index in [1.54, 1.807) is 27.7 Å². The van der Waals surface area contributed by atoms with Crippen molar-refractivity contribution in [3.05, 3.63) is 23.5 Å². The molecular weight excluding hydrogens is 237 g/mol. The van der Waals surface area contributed by atoms with E-state index in [0.717, 1.165) is 6.07 Å². The number of nitrogen functional groups attached to an aromatic ring is 1. The number of hydrogen-bond donors (Lipinski definition) is 1. The molecule has 0 saturated carbocycles. The van der Waals surface area contributed by atoms with Gasteiger partial charge in [0.2, 0.25) is 0 Å². The van der Waals surface area contributed by atoms with Crippen LogP contribution in [-0.2, 0) is 4.74 Å². The molecule has 0 aliphatic rings. The smallest absolute Gasteiger partial charge is 0.340 e. The highest BCUT2D eigenvalue weighted by molar-refractivity contribution is 5.95. The number of benzene rings is 1. The van der Waals surface area contributed by atoms with E-state index in [0.29, 0.717) is 0 Å². The fourth-order valence-corrected chi connectivity index (χ4v) is 1.36. The highest BCUT2D eigenvalue weighted by atomic mass is 19.1. The number of anilines is 1. The predicted octanol–water partition coefficient (Wildman–Crippen LogP) is 2.76. The average Bonchev–Trinajstić information content (AvgIpc) is 2.20. The van der Waals surface area contributed by atoms with E-state index in [-0.39, 0.29) is 23.6 Å². The molecule has 0 radical (unpaired) electrons. The second kappa shape index (κ2) is 5.25. The third kappa shape index (κ3) is 3.61. The van der Waals surface area contributed by atoms with Crippen molar-refractivity contribution in [2.24, 2.45) is 0 Å². The van der Waals surface area contributed by atoms with Crippen molar-refractivity contribution in [1.82, 2.24) is 0 Å². The molecule has 5 heteroatoms. The standard InChI is InChI=1S/C13H18FNO3/c1-5-17-12(16)8-6-11(18-13(2,3)4)9(14)7-10(8)15/h6-7H,5,15H2,1-4H3. The van der Waals surface area contributed by atoms with Crippen LogP contribution in [-0.4, -0.2) is 18.2 Å². The molecule has 0 atom stereocenters. The number of ether oxygens (including phenoxy) is 2. The molecule has 0 spiro atoms. The van der Waals surface area contributed by atoms with Crippen molar-refractivity contribution in [3.8, 4) is 5.75 Å². The van der Waals surface area contributed by atoms with Crippen molar-refractivity contribution in [1.29, 1.82) is 0 Å². The predicted molar refractivity (Wildman–Crippen MR) is 67.1 cm³/mol. The highest BCUT2D eigenvalue weighted by Gasteiger charge is 2.20. The molecule has 2 N–H and O–H groups in total. The van der Waals surface area contributed by atoms with Gasteiger partial charge in [0.15, 0.2) is 11.6 Å². The molecule has 0 aromatic heterocycles. The van der Waals surface area contributed by atoms with Gasteiger partial charge in [0.05, 0.1) is 12.2 Å². The zero-order valence-corrected chi connectivity index (χ0v) is 11.0. The van der Waals surface area contributed by atoms with Crippen LogP contribution < -0.4 is 10.5 Å². The van der Waals surface area contributed by atoms with Crippen LogP contribution in [0, 0.1) is 5.82 Å². The SMILES string of the molecule is CCOC(=O)c1cc(OC(C)(C)C)c(F)cc1N. The fraction of sp³-hybridized carbons (Fsp3) is 0.462. The van der Waals surface area contributed by atoms with Gasteiger partial charge < -0.3 is 15.2 Å². The van der Waals surface area contributed by atoms with E-state index < -0.39 is 17.4 Å². The van der Waals surface area contributed by atoms with Crippen LogP contribution in [0.4, 0.5) is 10.1 Å². The summed E-state index contributed by atoms with van der Waals surface area (Å²) in [6, 6.07) is 2.33. The first-order chi connectivity index (χ1) is 8.24. The number of halogens is 1. The van der Waals surface area contributed by atoms with Crippen LogP contribution in [0.3, 0.4) is 0 Å². The van der Waals surface area contributed by atoms with Crippen molar-refractivity contribution < 1.29 is 18.7 Å². The summed E-state index contributed by atoms with van der Waals surface area (Å²) in [4.78, 5) is 11.6. The van der Waals surface area contributed by atoms with E-state index in [4.69, 9.17) is 15.2 Å². The Labute approximate surface area is 106 Å². The van der Waals surface area contributed by atoms with Crippen LogP contribution in [0.1, 0.15) is 38.1 Å². The first-order valence-corrected chi connectivity index (χ1v) is 5.69. The van der Waals surface area contributed by atoms with Crippen LogP contribution in [0.15, 0.2) is 12.1 Å². The minimum Gasteiger partial charge on any atom is -0.485 e. The van der Waals surface area contributed by atoms with Crippen molar-refractivity contribution in [3.63, 3.8) is 0 Å². The Hall–Kier alpha value is -1.78. The molecule has 0 fully saturated rings. The van der Waals surface area contributed by atoms with Gasteiger partial charge in [-0.2, -0.15) is 0 Å². The second-order valence-corrected chi connectivity index (χ2v) is 4.80. The summed E-state index contributed by atoms with van der Waals surface area (Å²) >= 11 is 0. The van der Waals surface area contributed by atoms with Gasteiger partial charge in [0.1, 0.15) is 5.60 Å². The Bertz CT molecular complexity index is 452. The maximum Gasteiger partial charge on any atom is 0.340 e. The molecule has 0 aliphatic heterocycles. The molecule has 0 amide bonds. The Morgan fingerprint density at radius 1 is 1.39 bits per heavy atom. The number of hydrogen-bond acceptors (Lipinski definition) is 4. The molecule has 18 heavy (non-hydrogen) atoms. The van der Waals surface area contributed by atoms with Gasteiger partial charge in [-0.1, -0.05) is 0 Å². The maximum atomic E-state index is 13.7. The zero-order valence-electron chi connectivity index (χ0n) is 11.0. The number of carbonyl (C=O) groups is 1. The summed E-state index contributed by atoms with van der Waals surface area (Å²) in [5.41, 5.74) is 5.17. The highest BCUT2D eigenvalue weighted by Crippen LogP contribution is 2.27. The van der Waals surface area contributed by atoms with Crippen LogP contribution >= 0.6 is 0 Å². The van der Waals surface area contributed by atoms with Crippen molar-refractivity contribution in [2.75, 3.05) is 12.3 Å². The Morgan fingerprint density at radius 2 is 2.00 bits per heavy atom. The third-order valence-corrected chi connectivity index (χ3v) is 2.02. The van der Waals surface area contributed by atoms with Gasteiger partial charge in [-0.05, 0) is 33.8 Å². The number of esters is 1. The van der Waals surface area contributed by atoms with E-state index in [1.807, 2.05) is 0 Å². The molecule has 100 valence electrons. The first kappa shape index (κ1) is 14.3. The first-order valence-electron chi connectivity index (χ1n) is 5.69. The lowest BCUT2D eigenvalue weighted by atomic mass is 10.1. The number of rotatable bonds is 3. The maximum absolute atomic E-state index is 13.7. The molecule has 4 nitrogen and oxygen atoms in total. The summed E-state index contributed by atoms with van der Waals surface area (Å²) in [5, 5.41) is 0. The molecule has 1 aromatic rings. The van der Waals surface area contributed by atoms with Crippen molar-refractivity contribution >= 4 is 11.7 Å². The van der Waals surface area contributed by atoms with Crippen LogP contribution in [0.5, 0.6) is 5.75 Å². The molecule has 0 bridgehead atoms.